The molecule has 1 aromatic rings. The predicted molar refractivity (Wildman–Crippen MR) is 87.3 cm³/mol. The van der Waals surface area contributed by atoms with Gasteiger partial charge in [-0.3, -0.25) is 9.59 Å². The summed E-state index contributed by atoms with van der Waals surface area (Å²) < 4.78 is 5.64. The number of hydrogen-bond acceptors (Lipinski definition) is 3. The van der Waals surface area contributed by atoms with Gasteiger partial charge in [0.2, 0.25) is 5.91 Å². The quantitative estimate of drug-likeness (QED) is 0.877. The molecular weight excluding hydrogens is 280 g/mol. The number of rotatable bonds is 6. The monoisotopic (exact) mass is 304 g/mol. The molecule has 2 rings (SSSR count). The topological polar surface area (TPSA) is 58.6 Å². The molecule has 1 N–H and O–H groups in total. The molecule has 0 aromatic heterocycles. The van der Waals surface area contributed by atoms with Crippen LogP contribution < -0.4 is 15.0 Å². The number of nitrogens with zero attached hydrogens (tertiary/aromatic N) is 1. The average Bonchev–Trinajstić information content (AvgIpc) is 2.50. The second kappa shape index (κ2) is 7.29. The number of anilines is 2. The molecule has 1 atom stereocenters. The van der Waals surface area contributed by atoms with Crippen LogP contribution in [0.3, 0.4) is 0 Å². The zero-order valence-electron chi connectivity index (χ0n) is 13.5. The standard InChI is InChI=1S/C17H24N2O3/c1-4-6-7-16(20)18-13-8-9-15-14(11-13)19(10-5-2)17(21)12(3)22-15/h8-9,11-12H,4-7,10H2,1-3H3,(H,18,20). The molecule has 0 saturated carbocycles. The number of carbonyl (C=O) groups is 2. The maximum atomic E-state index is 12.3. The lowest BCUT2D eigenvalue weighted by Crippen LogP contribution is -2.44. The number of ether oxygens (including phenoxy) is 1. The molecule has 0 fully saturated rings. The van der Waals surface area contributed by atoms with Crippen molar-refractivity contribution in [3.05, 3.63) is 18.2 Å². The molecule has 120 valence electrons. The van der Waals surface area contributed by atoms with Crippen molar-refractivity contribution in [2.75, 3.05) is 16.8 Å². The number of unbranched alkanes of at least 4 members (excludes halogenated alkanes) is 1. The summed E-state index contributed by atoms with van der Waals surface area (Å²) in [6, 6.07) is 5.45. The van der Waals surface area contributed by atoms with E-state index in [4.69, 9.17) is 4.74 Å². The molecule has 1 unspecified atom stereocenters. The zero-order valence-corrected chi connectivity index (χ0v) is 13.5. The zero-order chi connectivity index (χ0) is 16.1. The van der Waals surface area contributed by atoms with E-state index in [0.717, 1.165) is 24.9 Å². The molecule has 0 aliphatic carbocycles. The van der Waals surface area contributed by atoms with E-state index in [2.05, 4.69) is 12.2 Å². The van der Waals surface area contributed by atoms with E-state index >= 15 is 0 Å². The fourth-order valence-electron chi connectivity index (χ4n) is 2.50. The molecule has 1 heterocycles. The second-order valence-corrected chi connectivity index (χ2v) is 5.58. The Kier molecular flexibility index (Phi) is 5.41. The summed E-state index contributed by atoms with van der Waals surface area (Å²) in [4.78, 5) is 25.8. The van der Waals surface area contributed by atoms with Gasteiger partial charge in [0.05, 0.1) is 5.69 Å². The summed E-state index contributed by atoms with van der Waals surface area (Å²) in [5, 5.41) is 2.88. The van der Waals surface area contributed by atoms with E-state index in [1.165, 1.54) is 0 Å². The Morgan fingerprint density at radius 2 is 2.09 bits per heavy atom. The molecule has 1 aliphatic heterocycles. The molecule has 0 spiro atoms. The van der Waals surface area contributed by atoms with Crippen LogP contribution in [0.1, 0.15) is 46.5 Å². The van der Waals surface area contributed by atoms with E-state index in [9.17, 15) is 9.59 Å². The first kappa shape index (κ1) is 16.3. The van der Waals surface area contributed by atoms with Crippen LogP contribution in [0, 0.1) is 0 Å². The lowest BCUT2D eigenvalue weighted by molar-refractivity contribution is -0.125. The van der Waals surface area contributed by atoms with Crippen molar-refractivity contribution in [1.82, 2.24) is 0 Å². The maximum absolute atomic E-state index is 12.3. The summed E-state index contributed by atoms with van der Waals surface area (Å²) >= 11 is 0. The van der Waals surface area contributed by atoms with Gasteiger partial charge in [-0.2, -0.15) is 0 Å². The Hall–Kier alpha value is -2.04. The van der Waals surface area contributed by atoms with Crippen LogP contribution in [0.25, 0.3) is 0 Å². The lowest BCUT2D eigenvalue weighted by atomic mass is 10.1. The first-order valence-corrected chi connectivity index (χ1v) is 7.98. The van der Waals surface area contributed by atoms with Gasteiger partial charge in [0, 0.05) is 18.7 Å². The normalized spacial score (nSPS) is 17.0. The summed E-state index contributed by atoms with van der Waals surface area (Å²) in [6.45, 7) is 6.49. The van der Waals surface area contributed by atoms with E-state index in [0.29, 0.717) is 24.4 Å². The fourth-order valence-corrected chi connectivity index (χ4v) is 2.50. The van der Waals surface area contributed by atoms with Crippen molar-refractivity contribution in [1.29, 1.82) is 0 Å². The number of carbonyl (C=O) groups excluding carboxylic acids is 2. The second-order valence-electron chi connectivity index (χ2n) is 5.58. The minimum atomic E-state index is -0.468. The molecule has 22 heavy (non-hydrogen) atoms. The van der Waals surface area contributed by atoms with Crippen LogP contribution in [0.2, 0.25) is 0 Å². The van der Waals surface area contributed by atoms with E-state index < -0.39 is 6.10 Å². The average molecular weight is 304 g/mol. The highest BCUT2D eigenvalue weighted by atomic mass is 16.5. The largest absolute Gasteiger partial charge is 0.479 e. The van der Waals surface area contributed by atoms with Crippen LogP contribution in [0.5, 0.6) is 5.75 Å². The highest BCUT2D eigenvalue weighted by molar-refractivity contribution is 6.01. The van der Waals surface area contributed by atoms with Crippen molar-refractivity contribution >= 4 is 23.2 Å². The van der Waals surface area contributed by atoms with Gasteiger partial charge in [-0.25, -0.2) is 0 Å². The Labute approximate surface area is 131 Å². The maximum Gasteiger partial charge on any atom is 0.267 e. The molecule has 0 radical (unpaired) electrons. The fraction of sp³-hybridized carbons (Fsp3) is 0.529. The van der Waals surface area contributed by atoms with Crippen molar-refractivity contribution < 1.29 is 14.3 Å². The predicted octanol–water partition coefficient (Wildman–Crippen LogP) is 3.34. The minimum absolute atomic E-state index is 0.000244. The summed E-state index contributed by atoms with van der Waals surface area (Å²) in [5.74, 6) is 0.649. The molecule has 0 bridgehead atoms. The van der Waals surface area contributed by atoms with E-state index in [1.807, 2.05) is 25.1 Å². The van der Waals surface area contributed by atoms with Crippen LogP contribution in [0.15, 0.2) is 18.2 Å². The van der Waals surface area contributed by atoms with Crippen LogP contribution >= 0.6 is 0 Å². The molecule has 1 aromatic carbocycles. The number of fused-ring (bicyclic) bond motifs is 1. The third-order valence-corrected chi connectivity index (χ3v) is 3.66. The van der Waals surface area contributed by atoms with Crippen LogP contribution in [0.4, 0.5) is 11.4 Å². The molecule has 1 aliphatic rings. The highest BCUT2D eigenvalue weighted by Crippen LogP contribution is 2.36. The van der Waals surface area contributed by atoms with Crippen molar-refractivity contribution in [2.24, 2.45) is 0 Å². The van der Waals surface area contributed by atoms with Crippen molar-refractivity contribution in [3.63, 3.8) is 0 Å². The smallest absolute Gasteiger partial charge is 0.267 e. The first-order valence-electron chi connectivity index (χ1n) is 7.98. The minimum Gasteiger partial charge on any atom is -0.479 e. The number of hydrogen-bond donors (Lipinski definition) is 1. The summed E-state index contributed by atoms with van der Waals surface area (Å²) in [7, 11) is 0. The Morgan fingerprint density at radius 3 is 2.77 bits per heavy atom. The van der Waals surface area contributed by atoms with E-state index in [1.54, 1.807) is 11.8 Å². The summed E-state index contributed by atoms with van der Waals surface area (Å²) in [6.07, 6.45) is 2.77. The van der Waals surface area contributed by atoms with Crippen molar-refractivity contribution in [2.45, 2.75) is 52.6 Å². The SMILES string of the molecule is CCCCC(=O)Nc1ccc2c(c1)N(CCC)C(=O)C(C)O2. The van der Waals surface area contributed by atoms with Gasteiger partial charge in [0.25, 0.3) is 5.91 Å². The number of amides is 2. The molecule has 5 heteroatoms. The van der Waals surface area contributed by atoms with Gasteiger partial charge >= 0.3 is 0 Å². The molecular formula is C17H24N2O3. The Morgan fingerprint density at radius 1 is 1.32 bits per heavy atom. The van der Waals surface area contributed by atoms with Crippen LogP contribution in [-0.2, 0) is 9.59 Å². The highest BCUT2D eigenvalue weighted by Gasteiger charge is 2.31. The third kappa shape index (κ3) is 3.59. The molecule has 0 saturated heterocycles. The van der Waals surface area contributed by atoms with Gasteiger partial charge in [-0.05, 0) is 38.0 Å². The number of benzene rings is 1. The summed E-state index contributed by atoms with van der Waals surface area (Å²) in [5.41, 5.74) is 1.44. The van der Waals surface area contributed by atoms with Gasteiger partial charge in [0.15, 0.2) is 6.10 Å². The van der Waals surface area contributed by atoms with Gasteiger partial charge in [-0.15, -0.1) is 0 Å². The van der Waals surface area contributed by atoms with Gasteiger partial charge < -0.3 is 15.0 Å². The third-order valence-electron chi connectivity index (χ3n) is 3.66. The Bertz CT molecular complexity index is 557. The molecule has 2 amide bonds. The first-order chi connectivity index (χ1) is 10.6. The van der Waals surface area contributed by atoms with Gasteiger partial charge in [0.1, 0.15) is 5.75 Å². The van der Waals surface area contributed by atoms with Gasteiger partial charge in [-0.1, -0.05) is 20.3 Å². The van der Waals surface area contributed by atoms with E-state index in [-0.39, 0.29) is 11.8 Å². The Balaban J connectivity index is 2.21. The number of nitrogens with one attached hydrogen (secondary N) is 1. The van der Waals surface area contributed by atoms with Crippen LogP contribution in [-0.4, -0.2) is 24.5 Å². The lowest BCUT2D eigenvalue weighted by Gasteiger charge is -2.33. The molecule has 5 nitrogen and oxygen atoms in total. The van der Waals surface area contributed by atoms with Crippen molar-refractivity contribution in [3.8, 4) is 5.75 Å².